The van der Waals surface area contributed by atoms with E-state index in [2.05, 4.69) is 9.80 Å². The summed E-state index contributed by atoms with van der Waals surface area (Å²) in [7, 11) is 1.57. The lowest BCUT2D eigenvalue weighted by molar-refractivity contribution is -0.384. The third-order valence-electron chi connectivity index (χ3n) is 6.12. The van der Waals surface area contributed by atoms with E-state index in [0.717, 1.165) is 31.6 Å². The van der Waals surface area contributed by atoms with E-state index in [1.165, 1.54) is 6.42 Å². The summed E-state index contributed by atoms with van der Waals surface area (Å²) in [4.78, 5) is 30.4. The molecule has 0 bridgehead atoms. The number of nitro benzene ring substituents is 1. The molecule has 31 heavy (non-hydrogen) atoms. The number of piperidine rings is 1. The molecule has 2 fully saturated rings. The SMILES string of the molecule is COc1ccccc1C(=O)N1CCN(c2ccc([N+](=O)[O-])c(N3CCCCC3)c2)CC1. The highest BCUT2D eigenvalue weighted by Crippen LogP contribution is 2.34. The summed E-state index contributed by atoms with van der Waals surface area (Å²) in [5.41, 5.74) is 2.40. The van der Waals surface area contributed by atoms with Crippen molar-refractivity contribution >= 4 is 23.0 Å². The minimum Gasteiger partial charge on any atom is -0.496 e. The zero-order valence-electron chi connectivity index (χ0n) is 17.8. The first-order chi connectivity index (χ1) is 15.1. The number of methoxy groups -OCH3 is 1. The van der Waals surface area contributed by atoms with Crippen LogP contribution < -0.4 is 14.5 Å². The molecule has 164 valence electrons. The second-order valence-electron chi connectivity index (χ2n) is 7.96. The summed E-state index contributed by atoms with van der Waals surface area (Å²) in [6.07, 6.45) is 3.29. The molecule has 1 amide bonds. The van der Waals surface area contributed by atoms with Gasteiger partial charge in [0, 0.05) is 51.0 Å². The van der Waals surface area contributed by atoms with Gasteiger partial charge in [-0.05, 0) is 43.5 Å². The Morgan fingerprint density at radius 2 is 1.65 bits per heavy atom. The average molecular weight is 425 g/mol. The first-order valence-electron chi connectivity index (χ1n) is 10.8. The number of carbonyl (C=O) groups excluding carboxylic acids is 1. The highest BCUT2D eigenvalue weighted by atomic mass is 16.6. The predicted octanol–water partition coefficient (Wildman–Crippen LogP) is 3.56. The van der Waals surface area contributed by atoms with Gasteiger partial charge in [-0.25, -0.2) is 0 Å². The molecule has 2 aromatic rings. The number of carbonyl (C=O) groups is 1. The maximum absolute atomic E-state index is 12.9. The average Bonchev–Trinajstić information content (AvgIpc) is 2.83. The topological polar surface area (TPSA) is 79.2 Å². The lowest BCUT2D eigenvalue weighted by atomic mass is 10.1. The van der Waals surface area contributed by atoms with Crippen LogP contribution >= 0.6 is 0 Å². The number of nitro groups is 1. The van der Waals surface area contributed by atoms with Gasteiger partial charge in [-0.3, -0.25) is 14.9 Å². The highest BCUT2D eigenvalue weighted by molar-refractivity contribution is 5.97. The lowest BCUT2D eigenvalue weighted by Crippen LogP contribution is -2.48. The maximum atomic E-state index is 12.9. The third kappa shape index (κ3) is 4.42. The number of amides is 1. The second-order valence-corrected chi connectivity index (χ2v) is 7.96. The summed E-state index contributed by atoms with van der Waals surface area (Å²) in [5.74, 6) is 0.547. The van der Waals surface area contributed by atoms with Crippen LogP contribution in [0.1, 0.15) is 29.6 Å². The molecule has 2 heterocycles. The zero-order valence-corrected chi connectivity index (χ0v) is 17.8. The first-order valence-corrected chi connectivity index (χ1v) is 10.8. The molecule has 0 saturated carbocycles. The van der Waals surface area contributed by atoms with Crippen molar-refractivity contribution in [1.29, 1.82) is 0 Å². The van der Waals surface area contributed by atoms with Crippen LogP contribution in [0.5, 0.6) is 5.75 Å². The van der Waals surface area contributed by atoms with E-state index in [0.29, 0.717) is 43.2 Å². The number of ether oxygens (including phenoxy) is 1. The number of anilines is 2. The van der Waals surface area contributed by atoms with Crippen molar-refractivity contribution in [3.8, 4) is 5.75 Å². The van der Waals surface area contributed by atoms with Crippen LogP contribution in [0.25, 0.3) is 0 Å². The molecule has 0 spiro atoms. The number of hydrogen-bond acceptors (Lipinski definition) is 6. The normalized spacial score (nSPS) is 16.9. The van der Waals surface area contributed by atoms with Crippen LogP contribution in [-0.2, 0) is 0 Å². The number of rotatable bonds is 5. The minimum absolute atomic E-state index is 0.0326. The van der Waals surface area contributed by atoms with Crippen molar-refractivity contribution < 1.29 is 14.5 Å². The molecule has 0 aromatic heterocycles. The Labute approximate surface area is 182 Å². The van der Waals surface area contributed by atoms with Gasteiger partial charge in [0.05, 0.1) is 17.6 Å². The fourth-order valence-corrected chi connectivity index (χ4v) is 4.41. The predicted molar refractivity (Wildman–Crippen MR) is 120 cm³/mol. The molecule has 0 aliphatic carbocycles. The van der Waals surface area contributed by atoms with Gasteiger partial charge in [0.25, 0.3) is 11.6 Å². The Morgan fingerprint density at radius 1 is 0.935 bits per heavy atom. The van der Waals surface area contributed by atoms with Gasteiger partial charge >= 0.3 is 0 Å². The van der Waals surface area contributed by atoms with Crippen molar-refractivity contribution in [2.45, 2.75) is 19.3 Å². The monoisotopic (exact) mass is 424 g/mol. The molecule has 2 aliphatic heterocycles. The minimum atomic E-state index is -0.294. The molecule has 0 N–H and O–H groups in total. The van der Waals surface area contributed by atoms with Crippen LogP contribution in [0.15, 0.2) is 42.5 Å². The van der Waals surface area contributed by atoms with Crippen LogP contribution in [0, 0.1) is 10.1 Å². The molecular weight excluding hydrogens is 396 g/mol. The summed E-state index contributed by atoms with van der Waals surface area (Å²) >= 11 is 0. The van der Waals surface area contributed by atoms with E-state index in [-0.39, 0.29) is 16.5 Å². The van der Waals surface area contributed by atoms with Crippen LogP contribution in [0.4, 0.5) is 17.1 Å². The molecule has 2 aromatic carbocycles. The van der Waals surface area contributed by atoms with E-state index in [9.17, 15) is 14.9 Å². The quantitative estimate of drug-likeness (QED) is 0.539. The molecule has 8 nitrogen and oxygen atoms in total. The number of hydrogen-bond donors (Lipinski definition) is 0. The Balaban J connectivity index is 1.48. The summed E-state index contributed by atoms with van der Waals surface area (Å²) < 4.78 is 5.33. The van der Waals surface area contributed by atoms with Crippen molar-refractivity contribution in [1.82, 2.24) is 4.90 Å². The molecular formula is C23H28N4O4. The number of piperazine rings is 1. The lowest BCUT2D eigenvalue weighted by Gasteiger charge is -2.37. The standard InChI is InChI=1S/C23H28N4O4/c1-31-22-8-4-3-7-19(22)23(28)26-15-13-24(14-16-26)18-9-10-20(27(29)30)21(17-18)25-11-5-2-6-12-25/h3-4,7-10,17H,2,5-6,11-16H2,1H3. The largest absolute Gasteiger partial charge is 0.496 e. The van der Waals surface area contributed by atoms with Gasteiger partial charge in [0.15, 0.2) is 0 Å². The molecule has 0 radical (unpaired) electrons. The van der Waals surface area contributed by atoms with Crippen LogP contribution in [0.3, 0.4) is 0 Å². The molecule has 8 heteroatoms. The van der Waals surface area contributed by atoms with E-state index in [1.807, 2.05) is 29.2 Å². The Hall–Kier alpha value is -3.29. The van der Waals surface area contributed by atoms with E-state index < -0.39 is 0 Å². The zero-order chi connectivity index (χ0) is 21.8. The Kier molecular flexibility index (Phi) is 6.25. The Bertz CT molecular complexity index is 950. The van der Waals surface area contributed by atoms with Crippen molar-refractivity contribution in [2.24, 2.45) is 0 Å². The molecule has 0 unspecified atom stereocenters. The van der Waals surface area contributed by atoms with E-state index >= 15 is 0 Å². The fourth-order valence-electron chi connectivity index (χ4n) is 4.41. The number of nitrogens with zero attached hydrogens (tertiary/aromatic N) is 4. The smallest absolute Gasteiger partial charge is 0.292 e. The van der Waals surface area contributed by atoms with Gasteiger partial charge in [0.1, 0.15) is 11.4 Å². The number of benzene rings is 2. The summed E-state index contributed by atoms with van der Waals surface area (Å²) in [6, 6.07) is 12.7. The van der Waals surface area contributed by atoms with Crippen LogP contribution in [-0.4, -0.2) is 62.1 Å². The third-order valence-corrected chi connectivity index (χ3v) is 6.12. The molecule has 2 saturated heterocycles. The van der Waals surface area contributed by atoms with Gasteiger partial charge in [-0.2, -0.15) is 0 Å². The van der Waals surface area contributed by atoms with Crippen molar-refractivity contribution in [3.05, 3.63) is 58.1 Å². The van der Waals surface area contributed by atoms with Gasteiger partial charge in [0.2, 0.25) is 0 Å². The molecule has 2 aliphatic rings. The van der Waals surface area contributed by atoms with Gasteiger partial charge in [-0.15, -0.1) is 0 Å². The molecule has 0 atom stereocenters. The summed E-state index contributed by atoms with van der Waals surface area (Å²) in [6.45, 7) is 4.24. The highest BCUT2D eigenvalue weighted by Gasteiger charge is 2.27. The van der Waals surface area contributed by atoms with E-state index in [1.54, 1.807) is 25.3 Å². The van der Waals surface area contributed by atoms with Gasteiger partial charge in [-0.1, -0.05) is 12.1 Å². The second kappa shape index (κ2) is 9.24. The molecule has 4 rings (SSSR count). The van der Waals surface area contributed by atoms with Crippen molar-refractivity contribution in [3.63, 3.8) is 0 Å². The van der Waals surface area contributed by atoms with E-state index in [4.69, 9.17) is 4.74 Å². The maximum Gasteiger partial charge on any atom is 0.292 e. The summed E-state index contributed by atoms with van der Waals surface area (Å²) in [5, 5.41) is 11.6. The Morgan fingerprint density at radius 3 is 2.32 bits per heavy atom. The van der Waals surface area contributed by atoms with Gasteiger partial charge < -0.3 is 19.4 Å². The fraction of sp³-hybridized carbons (Fsp3) is 0.435. The first kappa shape index (κ1) is 21.0. The number of para-hydroxylation sites is 1. The van der Waals surface area contributed by atoms with Crippen molar-refractivity contribution in [2.75, 3.05) is 56.2 Å². The van der Waals surface area contributed by atoms with Crippen LogP contribution in [0.2, 0.25) is 0 Å².